The van der Waals surface area contributed by atoms with Crippen molar-refractivity contribution in [3.8, 4) is 5.75 Å². The Labute approximate surface area is 149 Å². The van der Waals surface area contributed by atoms with Crippen molar-refractivity contribution >= 4 is 17.0 Å². The fraction of sp³-hybridized carbons (Fsp3) is 0.150. The summed E-state index contributed by atoms with van der Waals surface area (Å²) in [5.41, 5.74) is 2.60. The van der Waals surface area contributed by atoms with E-state index in [4.69, 9.17) is 4.99 Å². The highest BCUT2D eigenvalue weighted by Gasteiger charge is 2.27. The van der Waals surface area contributed by atoms with Crippen molar-refractivity contribution in [1.82, 2.24) is 5.32 Å². The van der Waals surface area contributed by atoms with E-state index in [-0.39, 0.29) is 23.8 Å². The number of phenols is 1. The summed E-state index contributed by atoms with van der Waals surface area (Å²) in [6, 6.07) is 17.8. The molecule has 0 fully saturated rings. The van der Waals surface area contributed by atoms with E-state index in [1.807, 2.05) is 29.6 Å². The molecular weight excluding hydrogens is 335 g/mol. The molecule has 2 aromatic carbocycles. The molecule has 2 atom stereocenters. The molecule has 2 heterocycles. The lowest BCUT2D eigenvalue weighted by atomic mass is 9.94. The number of hydrogen-bond acceptors (Lipinski definition) is 4. The van der Waals surface area contributed by atoms with Gasteiger partial charge in [-0.05, 0) is 41.3 Å². The second kappa shape index (κ2) is 6.78. The van der Waals surface area contributed by atoms with Gasteiger partial charge in [0.05, 0.1) is 5.71 Å². The minimum atomic E-state index is -0.246. The molecule has 3 nitrogen and oxygen atoms in total. The average molecular weight is 352 g/mol. The van der Waals surface area contributed by atoms with Crippen LogP contribution >= 0.6 is 11.3 Å². The summed E-state index contributed by atoms with van der Waals surface area (Å²) in [5.74, 6) is -0.0186. The van der Waals surface area contributed by atoms with Gasteiger partial charge in [0.2, 0.25) is 0 Å². The van der Waals surface area contributed by atoms with Crippen LogP contribution in [0.2, 0.25) is 0 Å². The Hall–Kier alpha value is -2.50. The van der Waals surface area contributed by atoms with E-state index in [2.05, 4.69) is 5.32 Å². The molecule has 0 saturated heterocycles. The van der Waals surface area contributed by atoms with Crippen LogP contribution in [-0.4, -0.2) is 10.8 Å². The van der Waals surface area contributed by atoms with Gasteiger partial charge in [0.25, 0.3) is 0 Å². The number of hydrogen-bond donors (Lipinski definition) is 2. The Kier molecular flexibility index (Phi) is 4.34. The highest BCUT2D eigenvalue weighted by atomic mass is 32.1. The topological polar surface area (TPSA) is 44.6 Å². The largest absolute Gasteiger partial charge is 0.507 e. The van der Waals surface area contributed by atoms with E-state index >= 15 is 0 Å². The summed E-state index contributed by atoms with van der Waals surface area (Å²) in [4.78, 5) is 5.94. The Morgan fingerprint density at radius 3 is 2.56 bits per heavy atom. The van der Waals surface area contributed by atoms with Gasteiger partial charge in [-0.2, -0.15) is 0 Å². The summed E-state index contributed by atoms with van der Waals surface area (Å²) in [7, 11) is 0. The van der Waals surface area contributed by atoms with Crippen molar-refractivity contribution in [3.05, 3.63) is 87.9 Å². The zero-order valence-electron chi connectivity index (χ0n) is 13.4. The molecule has 0 aliphatic carbocycles. The molecule has 0 amide bonds. The fourth-order valence-corrected chi connectivity index (χ4v) is 3.81. The number of para-hydroxylation sites is 1. The highest BCUT2D eigenvalue weighted by molar-refractivity contribution is 7.10. The van der Waals surface area contributed by atoms with Crippen LogP contribution in [0, 0.1) is 5.82 Å². The first-order valence-corrected chi connectivity index (χ1v) is 8.98. The zero-order chi connectivity index (χ0) is 17.2. The Morgan fingerprint density at radius 2 is 1.84 bits per heavy atom. The van der Waals surface area contributed by atoms with E-state index < -0.39 is 0 Å². The molecule has 0 saturated carbocycles. The average Bonchev–Trinajstić information content (AvgIpc) is 3.17. The summed E-state index contributed by atoms with van der Waals surface area (Å²) < 4.78 is 13.3. The smallest absolute Gasteiger partial charge is 0.135 e. The lowest BCUT2D eigenvalue weighted by Gasteiger charge is -2.30. The number of phenolic OH excluding ortho intramolecular Hbond substituents is 1. The number of rotatable bonds is 3. The summed E-state index contributed by atoms with van der Waals surface area (Å²) in [6.07, 6.45) is 0.448. The lowest BCUT2D eigenvalue weighted by molar-refractivity contribution is 0.443. The molecule has 2 unspecified atom stereocenters. The van der Waals surface area contributed by atoms with Gasteiger partial charge in [-0.15, -0.1) is 11.3 Å². The maximum Gasteiger partial charge on any atom is 0.135 e. The van der Waals surface area contributed by atoms with E-state index in [1.54, 1.807) is 35.6 Å². The summed E-state index contributed by atoms with van der Waals surface area (Å²) in [6.45, 7) is 0. The highest BCUT2D eigenvalue weighted by Crippen LogP contribution is 2.33. The third kappa shape index (κ3) is 3.34. The van der Waals surface area contributed by atoms with Crippen LogP contribution < -0.4 is 5.32 Å². The van der Waals surface area contributed by atoms with Crippen molar-refractivity contribution in [2.45, 2.75) is 18.6 Å². The number of benzene rings is 2. The molecule has 2 N–H and O–H groups in total. The van der Waals surface area contributed by atoms with Crippen LogP contribution in [0.15, 0.2) is 71.0 Å². The van der Waals surface area contributed by atoms with Crippen LogP contribution in [0.5, 0.6) is 5.75 Å². The van der Waals surface area contributed by atoms with Gasteiger partial charge in [-0.25, -0.2) is 4.39 Å². The number of thiophene rings is 1. The molecule has 4 rings (SSSR count). The van der Waals surface area contributed by atoms with Gasteiger partial charge in [0.15, 0.2) is 0 Å². The monoisotopic (exact) mass is 352 g/mol. The molecule has 1 aliphatic rings. The van der Waals surface area contributed by atoms with E-state index in [9.17, 15) is 9.50 Å². The molecule has 126 valence electrons. The van der Waals surface area contributed by atoms with Gasteiger partial charge in [0.1, 0.15) is 17.7 Å². The van der Waals surface area contributed by atoms with Crippen LogP contribution in [0.25, 0.3) is 0 Å². The molecule has 0 spiro atoms. The third-order valence-corrected chi connectivity index (χ3v) is 5.27. The first-order valence-electron chi connectivity index (χ1n) is 8.10. The standard InChI is InChI=1S/C20H17FN2OS/c21-14-9-7-13(8-10-14)16-12-17(15-4-1-2-5-18(15)24)23-20(22-16)19-6-3-11-25-19/h1-11,16,20,22,24H,12H2. The first kappa shape index (κ1) is 16.0. The molecular formula is C20H17FN2OS. The molecule has 0 radical (unpaired) electrons. The second-order valence-corrected chi connectivity index (χ2v) is 6.97. The van der Waals surface area contributed by atoms with Crippen molar-refractivity contribution in [2.75, 3.05) is 0 Å². The number of aliphatic imine (C=N–C) groups is 1. The number of nitrogens with one attached hydrogen (secondary N) is 1. The Balaban J connectivity index is 1.74. The van der Waals surface area contributed by atoms with Crippen LogP contribution in [0.3, 0.4) is 0 Å². The molecule has 3 aromatic rings. The van der Waals surface area contributed by atoms with E-state index in [0.29, 0.717) is 6.42 Å². The number of nitrogens with zero attached hydrogens (tertiary/aromatic N) is 1. The molecule has 1 aromatic heterocycles. The van der Waals surface area contributed by atoms with Crippen molar-refractivity contribution in [1.29, 1.82) is 0 Å². The second-order valence-electron chi connectivity index (χ2n) is 5.99. The Morgan fingerprint density at radius 1 is 1.04 bits per heavy atom. The molecule has 1 aliphatic heterocycles. The Bertz CT molecular complexity index is 890. The summed E-state index contributed by atoms with van der Waals surface area (Å²) >= 11 is 1.64. The maximum atomic E-state index is 13.3. The van der Waals surface area contributed by atoms with Crippen molar-refractivity contribution in [2.24, 2.45) is 4.99 Å². The minimum absolute atomic E-state index is 0.000180. The predicted molar refractivity (Wildman–Crippen MR) is 98.6 cm³/mol. The zero-order valence-corrected chi connectivity index (χ0v) is 14.2. The quantitative estimate of drug-likeness (QED) is 0.710. The van der Waals surface area contributed by atoms with Gasteiger partial charge < -0.3 is 5.11 Å². The molecule has 5 heteroatoms. The predicted octanol–water partition coefficient (Wildman–Crippen LogP) is 4.82. The molecule has 25 heavy (non-hydrogen) atoms. The lowest BCUT2D eigenvalue weighted by Crippen LogP contribution is -2.32. The van der Waals surface area contributed by atoms with E-state index in [1.165, 1.54) is 12.1 Å². The van der Waals surface area contributed by atoms with E-state index in [0.717, 1.165) is 21.7 Å². The van der Waals surface area contributed by atoms with Crippen LogP contribution in [-0.2, 0) is 0 Å². The third-order valence-electron chi connectivity index (χ3n) is 4.34. The first-order chi connectivity index (χ1) is 12.2. The number of halogens is 1. The SMILES string of the molecule is Oc1ccccc1C1=NC(c2cccs2)NC(c2ccc(F)cc2)C1. The summed E-state index contributed by atoms with van der Waals surface area (Å²) in [5, 5.41) is 15.8. The fourth-order valence-electron chi connectivity index (χ4n) is 3.09. The van der Waals surface area contributed by atoms with Gasteiger partial charge in [0, 0.05) is 22.9 Å². The van der Waals surface area contributed by atoms with Crippen LogP contribution in [0.4, 0.5) is 4.39 Å². The normalized spacial score (nSPS) is 20.3. The number of aromatic hydroxyl groups is 1. The maximum absolute atomic E-state index is 13.3. The van der Waals surface area contributed by atoms with Gasteiger partial charge in [-0.1, -0.05) is 30.3 Å². The van der Waals surface area contributed by atoms with Gasteiger partial charge >= 0.3 is 0 Å². The van der Waals surface area contributed by atoms with Crippen molar-refractivity contribution in [3.63, 3.8) is 0 Å². The van der Waals surface area contributed by atoms with Crippen molar-refractivity contribution < 1.29 is 9.50 Å². The van der Waals surface area contributed by atoms with Gasteiger partial charge in [-0.3, -0.25) is 10.3 Å². The molecule has 0 bridgehead atoms. The minimum Gasteiger partial charge on any atom is -0.507 e. The van der Waals surface area contributed by atoms with Crippen LogP contribution in [0.1, 0.15) is 34.6 Å².